The highest BCUT2D eigenvalue weighted by Crippen LogP contribution is 2.17. The van der Waals surface area contributed by atoms with E-state index in [0.29, 0.717) is 10.3 Å². The van der Waals surface area contributed by atoms with Gasteiger partial charge in [0.15, 0.2) is 0 Å². The van der Waals surface area contributed by atoms with Crippen LogP contribution in [0.25, 0.3) is 0 Å². The highest BCUT2D eigenvalue weighted by Gasteiger charge is 2.11. The average molecular weight is 325 g/mol. The van der Waals surface area contributed by atoms with Gasteiger partial charge >= 0.3 is 6.03 Å². The molecule has 2 heterocycles. The zero-order valence-electron chi connectivity index (χ0n) is 12.3. The summed E-state index contributed by atoms with van der Waals surface area (Å²) in [6, 6.07) is 3.97. The fourth-order valence-electron chi connectivity index (χ4n) is 1.89. The second-order valence-corrected chi connectivity index (χ2v) is 6.26. The van der Waals surface area contributed by atoms with E-state index < -0.39 is 0 Å². The van der Waals surface area contributed by atoms with Gasteiger partial charge in [0.05, 0.1) is 0 Å². The molecule has 2 amide bonds. The van der Waals surface area contributed by atoms with Crippen LogP contribution in [0.4, 0.5) is 9.93 Å². The summed E-state index contributed by atoms with van der Waals surface area (Å²) in [6.07, 6.45) is 5.74. The lowest BCUT2D eigenvalue weighted by Crippen LogP contribution is -2.36. The molecule has 8 heteroatoms. The molecule has 0 spiro atoms. The van der Waals surface area contributed by atoms with Crippen LogP contribution in [0.1, 0.15) is 19.0 Å². The van der Waals surface area contributed by atoms with Gasteiger partial charge in [0, 0.05) is 36.5 Å². The zero-order valence-corrected chi connectivity index (χ0v) is 13.9. The molecule has 0 aliphatic heterocycles. The molecular weight excluding hydrogens is 306 g/mol. The van der Waals surface area contributed by atoms with E-state index in [9.17, 15) is 4.79 Å². The Bertz CT molecular complexity index is 595. The normalized spacial score (nSPS) is 12.1. The van der Waals surface area contributed by atoms with E-state index >= 15 is 0 Å². The number of carbonyl (C=O) groups excluding carboxylic acids is 1. The van der Waals surface area contributed by atoms with E-state index in [1.54, 1.807) is 0 Å². The number of thioether (sulfide) groups is 1. The van der Waals surface area contributed by atoms with Crippen LogP contribution in [0.5, 0.6) is 0 Å². The van der Waals surface area contributed by atoms with E-state index in [2.05, 4.69) is 30.6 Å². The van der Waals surface area contributed by atoms with E-state index in [4.69, 9.17) is 0 Å². The van der Waals surface area contributed by atoms with Crippen molar-refractivity contribution in [2.24, 2.45) is 7.05 Å². The molecule has 0 bridgehead atoms. The van der Waals surface area contributed by atoms with Gasteiger partial charge in [-0.05, 0) is 38.2 Å². The Morgan fingerprint density at radius 1 is 1.57 bits per heavy atom. The molecule has 0 aliphatic carbocycles. The number of aryl methyl sites for hydroxylation is 2. The Hall–Kier alpha value is -1.54. The van der Waals surface area contributed by atoms with Crippen molar-refractivity contribution in [2.45, 2.75) is 31.0 Å². The number of amides is 2. The van der Waals surface area contributed by atoms with Gasteiger partial charge in [-0.15, -0.1) is 0 Å². The van der Waals surface area contributed by atoms with E-state index in [-0.39, 0.29) is 12.1 Å². The summed E-state index contributed by atoms with van der Waals surface area (Å²) in [5.41, 5.74) is 1.26. The Kier molecular flexibility index (Phi) is 5.63. The molecular formula is C13H19N5OS2. The van der Waals surface area contributed by atoms with Crippen LogP contribution in [0.3, 0.4) is 0 Å². The Morgan fingerprint density at radius 3 is 3.00 bits per heavy atom. The van der Waals surface area contributed by atoms with Crippen molar-refractivity contribution < 1.29 is 4.79 Å². The Balaban J connectivity index is 1.75. The van der Waals surface area contributed by atoms with Gasteiger partial charge in [-0.25, -0.2) is 4.79 Å². The van der Waals surface area contributed by atoms with Crippen LogP contribution in [-0.2, 0) is 13.5 Å². The van der Waals surface area contributed by atoms with Gasteiger partial charge in [-0.2, -0.15) is 9.36 Å². The molecule has 1 atom stereocenters. The molecule has 0 fully saturated rings. The van der Waals surface area contributed by atoms with Crippen molar-refractivity contribution in [3.8, 4) is 0 Å². The summed E-state index contributed by atoms with van der Waals surface area (Å²) < 4.78 is 6.19. The summed E-state index contributed by atoms with van der Waals surface area (Å²) >= 11 is 2.64. The molecule has 2 N–H and O–H groups in total. The fraction of sp³-hybridized carbons (Fsp3) is 0.462. The first-order chi connectivity index (χ1) is 10.1. The van der Waals surface area contributed by atoms with E-state index in [1.807, 2.05) is 32.5 Å². The van der Waals surface area contributed by atoms with Crippen LogP contribution < -0.4 is 10.6 Å². The SMILES string of the molecule is CSc1nsc(NC(=O)NC(C)CCc2cccn2C)n1. The summed E-state index contributed by atoms with van der Waals surface area (Å²) in [5.74, 6) is 0. The maximum Gasteiger partial charge on any atom is 0.321 e. The highest BCUT2D eigenvalue weighted by atomic mass is 32.2. The summed E-state index contributed by atoms with van der Waals surface area (Å²) in [5, 5.41) is 6.81. The Morgan fingerprint density at radius 2 is 2.38 bits per heavy atom. The van der Waals surface area contributed by atoms with Gasteiger partial charge in [0.2, 0.25) is 10.3 Å². The third-order valence-electron chi connectivity index (χ3n) is 3.07. The maximum absolute atomic E-state index is 11.9. The van der Waals surface area contributed by atoms with Gasteiger partial charge in [0.25, 0.3) is 0 Å². The fourth-order valence-corrected chi connectivity index (χ4v) is 3.01. The molecule has 2 aromatic rings. The lowest BCUT2D eigenvalue weighted by Gasteiger charge is -2.14. The van der Waals surface area contributed by atoms with Crippen molar-refractivity contribution >= 4 is 34.5 Å². The van der Waals surface area contributed by atoms with Crippen LogP contribution >= 0.6 is 23.3 Å². The predicted octanol–water partition coefficient (Wildman–Crippen LogP) is 2.74. The van der Waals surface area contributed by atoms with Gasteiger partial charge in [-0.3, -0.25) is 5.32 Å². The van der Waals surface area contributed by atoms with Crippen molar-refractivity contribution in [3.63, 3.8) is 0 Å². The standard InChI is InChI=1S/C13H19N5OS2/c1-9(6-7-10-5-4-8-18(10)2)14-11(19)15-12-16-13(20-3)17-21-12/h4-5,8-9H,6-7H2,1-3H3,(H2,14,15,16,17,19). The third-order valence-corrected chi connectivity index (χ3v) is 4.37. The van der Waals surface area contributed by atoms with Crippen molar-refractivity contribution in [1.82, 2.24) is 19.2 Å². The molecule has 2 rings (SSSR count). The summed E-state index contributed by atoms with van der Waals surface area (Å²) in [7, 11) is 2.03. The number of hydrogen-bond acceptors (Lipinski definition) is 5. The molecule has 0 radical (unpaired) electrons. The van der Waals surface area contributed by atoms with Crippen molar-refractivity contribution in [3.05, 3.63) is 24.0 Å². The van der Waals surface area contributed by atoms with Crippen LogP contribution in [-0.4, -0.2) is 32.3 Å². The van der Waals surface area contributed by atoms with Crippen LogP contribution in [0, 0.1) is 0 Å². The minimum absolute atomic E-state index is 0.0906. The smallest absolute Gasteiger partial charge is 0.321 e. The Labute approximate surface area is 132 Å². The molecule has 0 aromatic carbocycles. The van der Waals surface area contributed by atoms with Crippen LogP contribution in [0.15, 0.2) is 23.5 Å². The van der Waals surface area contributed by atoms with Crippen molar-refractivity contribution in [1.29, 1.82) is 0 Å². The monoisotopic (exact) mass is 325 g/mol. The molecule has 21 heavy (non-hydrogen) atoms. The topological polar surface area (TPSA) is 71.8 Å². The number of aromatic nitrogens is 3. The quantitative estimate of drug-likeness (QED) is 0.801. The van der Waals surface area contributed by atoms with E-state index in [0.717, 1.165) is 12.8 Å². The molecule has 6 nitrogen and oxygen atoms in total. The first-order valence-corrected chi connectivity index (χ1v) is 8.63. The second-order valence-electron chi connectivity index (χ2n) is 4.73. The highest BCUT2D eigenvalue weighted by molar-refractivity contribution is 7.98. The summed E-state index contributed by atoms with van der Waals surface area (Å²) in [4.78, 5) is 16.0. The lowest BCUT2D eigenvalue weighted by molar-refractivity contribution is 0.248. The zero-order chi connectivity index (χ0) is 15.2. The largest absolute Gasteiger partial charge is 0.354 e. The number of rotatable bonds is 6. The van der Waals surface area contributed by atoms with Crippen molar-refractivity contribution in [2.75, 3.05) is 11.6 Å². The molecule has 1 unspecified atom stereocenters. The molecule has 0 saturated carbocycles. The molecule has 0 aliphatic rings. The second kappa shape index (κ2) is 7.46. The predicted molar refractivity (Wildman–Crippen MR) is 87.0 cm³/mol. The van der Waals surface area contributed by atoms with Gasteiger partial charge in [0.1, 0.15) is 0 Å². The number of hydrogen-bond donors (Lipinski definition) is 2. The van der Waals surface area contributed by atoms with Crippen LogP contribution in [0.2, 0.25) is 0 Å². The first kappa shape index (κ1) is 15.8. The number of carbonyl (C=O) groups is 1. The minimum atomic E-state index is -0.238. The molecule has 114 valence electrons. The minimum Gasteiger partial charge on any atom is -0.354 e. The molecule has 2 aromatic heterocycles. The van der Waals surface area contributed by atoms with Gasteiger partial charge in [-0.1, -0.05) is 11.8 Å². The molecule has 0 saturated heterocycles. The first-order valence-electron chi connectivity index (χ1n) is 6.64. The third kappa shape index (κ3) is 4.75. The lowest BCUT2D eigenvalue weighted by atomic mass is 10.1. The number of urea groups is 1. The number of nitrogens with one attached hydrogen (secondary N) is 2. The maximum atomic E-state index is 11.9. The van der Waals surface area contributed by atoms with E-state index in [1.165, 1.54) is 29.0 Å². The number of nitrogens with zero attached hydrogens (tertiary/aromatic N) is 3. The van der Waals surface area contributed by atoms with Gasteiger partial charge < -0.3 is 9.88 Å². The number of anilines is 1. The summed E-state index contributed by atoms with van der Waals surface area (Å²) in [6.45, 7) is 2.00. The average Bonchev–Trinajstić information content (AvgIpc) is 3.05.